The number of amides is 1. The van der Waals surface area contributed by atoms with Crippen molar-refractivity contribution in [2.75, 3.05) is 13.1 Å². The maximum absolute atomic E-state index is 12.4. The number of aromatic nitrogens is 3. The molecule has 116 valence electrons. The zero-order chi connectivity index (χ0) is 15.5. The summed E-state index contributed by atoms with van der Waals surface area (Å²) in [5.41, 5.74) is 0.890. The molecule has 1 aromatic carbocycles. The molecule has 1 fully saturated rings. The lowest BCUT2D eigenvalue weighted by atomic mass is 10.3. The number of nitrogens with zero attached hydrogens (tertiary/aromatic N) is 4. The van der Waals surface area contributed by atoms with Crippen LogP contribution in [0.2, 0.25) is 5.02 Å². The van der Waals surface area contributed by atoms with Crippen molar-refractivity contribution in [2.24, 2.45) is 0 Å². The smallest absolute Gasteiger partial charge is 0.235 e. The van der Waals surface area contributed by atoms with Crippen LogP contribution in [-0.4, -0.2) is 43.9 Å². The number of thioether (sulfide) groups is 1. The monoisotopic (exact) mass is 336 g/mol. The van der Waals surface area contributed by atoms with E-state index in [1.807, 2.05) is 40.7 Å². The summed E-state index contributed by atoms with van der Waals surface area (Å²) < 4.78 is 1.85. The highest BCUT2D eigenvalue weighted by molar-refractivity contribution is 8.00. The second-order valence-corrected chi connectivity index (χ2v) is 7.00. The Hall–Kier alpha value is -1.53. The van der Waals surface area contributed by atoms with E-state index in [4.69, 9.17) is 11.6 Å². The van der Waals surface area contributed by atoms with Gasteiger partial charge in [-0.05, 0) is 38.0 Å². The van der Waals surface area contributed by atoms with Gasteiger partial charge in [0.1, 0.15) is 6.33 Å². The second-order valence-electron chi connectivity index (χ2n) is 5.26. The van der Waals surface area contributed by atoms with E-state index in [9.17, 15) is 4.79 Å². The Morgan fingerprint density at radius 1 is 1.36 bits per heavy atom. The van der Waals surface area contributed by atoms with E-state index in [-0.39, 0.29) is 11.2 Å². The predicted octanol–water partition coefficient (Wildman–Crippen LogP) is 3.02. The average molecular weight is 337 g/mol. The van der Waals surface area contributed by atoms with E-state index in [1.165, 1.54) is 11.8 Å². The summed E-state index contributed by atoms with van der Waals surface area (Å²) >= 11 is 7.46. The summed E-state index contributed by atoms with van der Waals surface area (Å²) in [6.45, 7) is 3.65. The molecule has 1 atom stereocenters. The molecule has 1 aromatic heterocycles. The molecule has 1 amide bonds. The summed E-state index contributed by atoms with van der Waals surface area (Å²) in [4.78, 5) is 14.3. The molecule has 1 saturated heterocycles. The largest absolute Gasteiger partial charge is 0.342 e. The Balaban J connectivity index is 1.76. The van der Waals surface area contributed by atoms with Crippen LogP contribution in [0.3, 0.4) is 0 Å². The van der Waals surface area contributed by atoms with Crippen molar-refractivity contribution < 1.29 is 4.79 Å². The second kappa shape index (κ2) is 6.71. The molecule has 22 heavy (non-hydrogen) atoms. The molecular weight excluding hydrogens is 320 g/mol. The molecule has 0 unspecified atom stereocenters. The molecule has 0 saturated carbocycles. The SMILES string of the molecule is C[C@@H](Sc1nncn1-c1cccc(Cl)c1)C(=O)N1CCCC1. The van der Waals surface area contributed by atoms with E-state index < -0.39 is 0 Å². The van der Waals surface area contributed by atoms with Crippen LogP contribution in [0.25, 0.3) is 5.69 Å². The van der Waals surface area contributed by atoms with Crippen LogP contribution in [0.1, 0.15) is 19.8 Å². The van der Waals surface area contributed by atoms with E-state index >= 15 is 0 Å². The van der Waals surface area contributed by atoms with E-state index in [0.29, 0.717) is 10.2 Å². The van der Waals surface area contributed by atoms with Gasteiger partial charge in [0.2, 0.25) is 5.91 Å². The number of likely N-dealkylation sites (tertiary alicyclic amines) is 1. The van der Waals surface area contributed by atoms with E-state index in [0.717, 1.165) is 31.6 Å². The van der Waals surface area contributed by atoms with Crippen LogP contribution in [0, 0.1) is 0 Å². The fourth-order valence-corrected chi connectivity index (χ4v) is 3.62. The Labute approximate surface area is 138 Å². The number of benzene rings is 1. The quantitative estimate of drug-likeness (QED) is 0.805. The van der Waals surface area contributed by atoms with Crippen LogP contribution in [-0.2, 0) is 4.79 Å². The third-order valence-corrected chi connectivity index (χ3v) is 4.93. The molecule has 1 aliphatic rings. The molecule has 0 bridgehead atoms. The number of hydrogen-bond acceptors (Lipinski definition) is 4. The van der Waals surface area contributed by atoms with Gasteiger partial charge in [-0.15, -0.1) is 10.2 Å². The molecular formula is C15H17ClN4OS. The maximum atomic E-state index is 12.4. The fraction of sp³-hybridized carbons (Fsp3) is 0.400. The van der Waals surface area contributed by atoms with Gasteiger partial charge < -0.3 is 4.90 Å². The van der Waals surface area contributed by atoms with Gasteiger partial charge in [0.15, 0.2) is 5.16 Å². The first-order chi connectivity index (χ1) is 10.6. The minimum atomic E-state index is -0.180. The van der Waals surface area contributed by atoms with Crippen LogP contribution in [0.15, 0.2) is 35.7 Å². The van der Waals surface area contributed by atoms with Crippen molar-refractivity contribution in [2.45, 2.75) is 30.2 Å². The first-order valence-corrected chi connectivity index (χ1v) is 8.52. The Kier molecular flexibility index (Phi) is 4.69. The van der Waals surface area contributed by atoms with Gasteiger partial charge in [0, 0.05) is 18.1 Å². The fourth-order valence-electron chi connectivity index (χ4n) is 2.51. The highest BCUT2D eigenvalue weighted by atomic mass is 35.5. The van der Waals surface area contributed by atoms with E-state index in [1.54, 1.807) is 6.33 Å². The normalized spacial score (nSPS) is 16.0. The first kappa shape index (κ1) is 15.4. The van der Waals surface area contributed by atoms with Crippen molar-refractivity contribution in [1.82, 2.24) is 19.7 Å². The minimum absolute atomic E-state index is 0.170. The van der Waals surface area contributed by atoms with Crippen molar-refractivity contribution in [3.63, 3.8) is 0 Å². The number of carbonyl (C=O) groups is 1. The molecule has 2 aromatic rings. The van der Waals surface area contributed by atoms with Gasteiger partial charge in [-0.2, -0.15) is 0 Å². The molecule has 2 heterocycles. The number of hydrogen-bond donors (Lipinski definition) is 0. The molecule has 0 N–H and O–H groups in total. The molecule has 0 radical (unpaired) electrons. The van der Waals surface area contributed by atoms with Crippen LogP contribution in [0.5, 0.6) is 0 Å². The zero-order valence-electron chi connectivity index (χ0n) is 12.3. The Morgan fingerprint density at radius 2 is 2.14 bits per heavy atom. The van der Waals surface area contributed by atoms with Gasteiger partial charge >= 0.3 is 0 Å². The van der Waals surface area contributed by atoms with Crippen molar-refractivity contribution >= 4 is 29.3 Å². The Bertz CT molecular complexity index is 669. The van der Waals surface area contributed by atoms with Crippen molar-refractivity contribution in [3.8, 4) is 5.69 Å². The molecule has 5 nitrogen and oxygen atoms in total. The Morgan fingerprint density at radius 3 is 2.86 bits per heavy atom. The number of halogens is 1. The summed E-state index contributed by atoms with van der Waals surface area (Å²) in [5.74, 6) is 0.170. The van der Waals surface area contributed by atoms with Crippen LogP contribution >= 0.6 is 23.4 Å². The zero-order valence-corrected chi connectivity index (χ0v) is 13.8. The molecule has 0 aliphatic carbocycles. The van der Waals surface area contributed by atoms with Crippen molar-refractivity contribution in [3.05, 3.63) is 35.6 Å². The van der Waals surface area contributed by atoms with E-state index in [2.05, 4.69) is 10.2 Å². The van der Waals surface area contributed by atoms with Crippen LogP contribution < -0.4 is 0 Å². The van der Waals surface area contributed by atoms with Gasteiger partial charge in [-0.25, -0.2) is 0 Å². The average Bonchev–Trinajstić information content (AvgIpc) is 3.18. The highest BCUT2D eigenvalue weighted by Crippen LogP contribution is 2.26. The summed E-state index contributed by atoms with van der Waals surface area (Å²) in [6, 6.07) is 7.49. The minimum Gasteiger partial charge on any atom is -0.342 e. The first-order valence-electron chi connectivity index (χ1n) is 7.26. The standard InChI is InChI=1S/C15H17ClN4OS/c1-11(14(21)19-7-2-3-8-19)22-15-18-17-10-20(15)13-6-4-5-12(16)9-13/h4-6,9-11H,2-3,7-8H2,1H3/t11-/m1/s1. The van der Waals surface area contributed by atoms with Gasteiger partial charge in [-0.1, -0.05) is 29.4 Å². The van der Waals surface area contributed by atoms with Crippen LogP contribution in [0.4, 0.5) is 0 Å². The molecule has 1 aliphatic heterocycles. The maximum Gasteiger partial charge on any atom is 0.235 e. The lowest BCUT2D eigenvalue weighted by molar-refractivity contribution is -0.129. The number of carbonyl (C=O) groups excluding carboxylic acids is 1. The third-order valence-electron chi connectivity index (χ3n) is 3.65. The highest BCUT2D eigenvalue weighted by Gasteiger charge is 2.25. The third kappa shape index (κ3) is 3.28. The molecule has 7 heteroatoms. The summed E-state index contributed by atoms with van der Waals surface area (Å²) in [7, 11) is 0. The van der Waals surface area contributed by atoms with Gasteiger partial charge in [0.05, 0.1) is 10.9 Å². The van der Waals surface area contributed by atoms with Crippen molar-refractivity contribution in [1.29, 1.82) is 0 Å². The molecule has 3 rings (SSSR count). The van der Waals surface area contributed by atoms with Gasteiger partial charge in [0.25, 0.3) is 0 Å². The lowest BCUT2D eigenvalue weighted by Crippen LogP contribution is -2.34. The summed E-state index contributed by atoms with van der Waals surface area (Å²) in [5, 5.41) is 9.27. The topological polar surface area (TPSA) is 51.0 Å². The summed E-state index contributed by atoms with van der Waals surface area (Å²) in [6.07, 6.45) is 3.84. The number of rotatable bonds is 4. The lowest BCUT2D eigenvalue weighted by Gasteiger charge is -2.19. The predicted molar refractivity (Wildman–Crippen MR) is 87.5 cm³/mol. The van der Waals surface area contributed by atoms with Gasteiger partial charge in [-0.3, -0.25) is 9.36 Å². The molecule has 0 spiro atoms.